The van der Waals surface area contributed by atoms with Crippen molar-refractivity contribution in [3.8, 4) is 0 Å². The van der Waals surface area contributed by atoms with Gasteiger partial charge in [0.2, 0.25) is 10.0 Å². The van der Waals surface area contributed by atoms with Crippen molar-refractivity contribution in [2.24, 2.45) is 11.7 Å². The maximum absolute atomic E-state index is 11.0. The van der Waals surface area contributed by atoms with Crippen molar-refractivity contribution < 1.29 is 17.9 Å². The van der Waals surface area contributed by atoms with Gasteiger partial charge in [0.15, 0.2) is 0 Å². The largest absolute Gasteiger partial charge is 0.449 e. The van der Waals surface area contributed by atoms with Gasteiger partial charge in [-0.1, -0.05) is 0 Å². The number of carbonyl (C=O) groups excluding carboxylic acids is 1. The fourth-order valence-electron chi connectivity index (χ4n) is 1.95. The third-order valence-corrected chi connectivity index (χ3v) is 3.45. The van der Waals surface area contributed by atoms with E-state index in [1.807, 2.05) is 0 Å². The first-order chi connectivity index (χ1) is 7.37. The van der Waals surface area contributed by atoms with Crippen LogP contribution in [0.15, 0.2) is 0 Å². The Morgan fingerprint density at radius 1 is 1.38 bits per heavy atom. The minimum Gasteiger partial charge on any atom is -0.449 e. The van der Waals surface area contributed by atoms with E-state index in [-0.39, 0.29) is 6.04 Å². The fourth-order valence-corrected chi connectivity index (χ4v) is 2.79. The quantitative estimate of drug-likeness (QED) is 0.744. The Bertz CT molecular complexity index is 333. The molecule has 0 aliphatic heterocycles. The fraction of sp³-hybridized carbons (Fsp3) is 0.889. The number of amides is 1. The number of nitrogens with two attached hydrogens (primary N) is 1. The van der Waals surface area contributed by atoms with E-state index in [1.54, 1.807) is 0 Å². The summed E-state index contributed by atoms with van der Waals surface area (Å²) in [5.74, 6) is 0.296. The molecule has 3 N–H and O–H groups in total. The number of carbonyl (C=O) groups is 1. The van der Waals surface area contributed by atoms with Crippen molar-refractivity contribution in [2.75, 3.05) is 12.9 Å². The van der Waals surface area contributed by atoms with E-state index in [2.05, 4.69) is 4.72 Å². The van der Waals surface area contributed by atoms with Crippen LogP contribution in [0.1, 0.15) is 25.7 Å². The number of rotatable bonds is 4. The molecule has 1 aliphatic rings. The Morgan fingerprint density at radius 2 is 1.94 bits per heavy atom. The molecule has 0 aromatic rings. The van der Waals surface area contributed by atoms with Crippen molar-refractivity contribution >= 4 is 16.1 Å². The van der Waals surface area contributed by atoms with Gasteiger partial charge >= 0.3 is 6.09 Å². The summed E-state index contributed by atoms with van der Waals surface area (Å²) in [7, 11) is -3.12. The number of hydrogen-bond donors (Lipinski definition) is 2. The van der Waals surface area contributed by atoms with Gasteiger partial charge in [-0.2, -0.15) is 0 Å². The molecule has 0 heterocycles. The Balaban J connectivity index is 2.26. The summed E-state index contributed by atoms with van der Waals surface area (Å²) >= 11 is 0. The van der Waals surface area contributed by atoms with Gasteiger partial charge < -0.3 is 10.5 Å². The van der Waals surface area contributed by atoms with E-state index < -0.39 is 16.1 Å². The van der Waals surface area contributed by atoms with Gasteiger partial charge in [-0.05, 0) is 31.6 Å². The third-order valence-electron chi connectivity index (χ3n) is 2.69. The molecule has 0 bridgehead atoms. The van der Waals surface area contributed by atoms with Crippen molar-refractivity contribution in [2.45, 2.75) is 31.7 Å². The second-order valence-electron chi connectivity index (χ2n) is 4.24. The van der Waals surface area contributed by atoms with Gasteiger partial charge in [0, 0.05) is 6.04 Å². The maximum atomic E-state index is 11.0. The molecule has 1 rings (SSSR count). The molecule has 7 heteroatoms. The highest BCUT2D eigenvalue weighted by Gasteiger charge is 2.23. The zero-order valence-electron chi connectivity index (χ0n) is 9.31. The first-order valence-corrected chi connectivity index (χ1v) is 7.15. The molecule has 0 atom stereocenters. The van der Waals surface area contributed by atoms with Crippen LogP contribution in [0.2, 0.25) is 0 Å². The zero-order chi connectivity index (χ0) is 12.2. The third kappa shape index (κ3) is 5.32. The van der Waals surface area contributed by atoms with E-state index in [9.17, 15) is 13.2 Å². The minimum absolute atomic E-state index is 0.0137. The molecule has 0 spiro atoms. The monoisotopic (exact) mass is 250 g/mol. The van der Waals surface area contributed by atoms with Crippen LogP contribution < -0.4 is 10.5 Å². The molecule has 1 amide bonds. The molecule has 16 heavy (non-hydrogen) atoms. The summed E-state index contributed by atoms with van der Waals surface area (Å²) in [5, 5.41) is 0. The van der Waals surface area contributed by atoms with E-state index in [0.717, 1.165) is 31.9 Å². The number of sulfonamides is 1. The molecule has 0 unspecified atom stereocenters. The maximum Gasteiger partial charge on any atom is 0.404 e. The molecule has 0 saturated heterocycles. The average Bonchev–Trinajstić information content (AvgIpc) is 2.14. The smallest absolute Gasteiger partial charge is 0.404 e. The summed E-state index contributed by atoms with van der Waals surface area (Å²) in [6, 6.07) is 0.0137. The molecule has 1 fully saturated rings. The van der Waals surface area contributed by atoms with Crippen LogP contribution >= 0.6 is 0 Å². The van der Waals surface area contributed by atoms with Gasteiger partial charge in [-0.25, -0.2) is 17.9 Å². The summed E-state index contributed by atoms with van der Waals surface area (Å²) in [5.41, 5.74) is 4.87. The van der Waals surface area contributed by atoms with E-state index >= 15 is 0 Å². The van der Waals surface area contributed by atoms with Gasteiger partial charge in [0.1, 0.15) is 0 Å². The molecule has 0 aromatic heterocycles. The zero-order valence-corrected chi connectivity index (χ0v) is 10.1. The molecule has 6 nitrogen and oxygen atoms in total. The van der Waals surface area contributed by atoms with Crippen molar-refractivity contribution in [1.82, 2.24) is 4.72 Å². The van der Waals surface area contributed by atoms with Gasteiger partial charge in [-0.3, -0.25) is 0 Å². The highest BCUT2D eigenvalue weighted by Crippen LogP contribution is 2.24. The SMILES string of the molecule is CS(=O)(=O)N[C@H]1CC[C@H](COC(N)=O)CC1. The summed E-state index contributed by atoms with van der Waals surface area (Å²) < 4.78 is 29.3. The molecular formula is C9H18N2O4S. The van der Waals surface area contributed by atoms with E-state index in [0.29, 0.717) is 12.5 Å². The van der Waals surface area contributed by atoms with Gasteiger partial charge in [-0.15, -0.1) is 0 Å². The lowest BCUT2D eigenvalue weighted by Crippen LogP contribution is -2.37. The minimum atomic E-state index is -3.12. The van der Waals surface area contributed by atoms with Crippen molar-refractivity contribution in [3.05, 3.63) is 0 Å². The van der Waals surface area contributed by atoms with Crippen molar-refractivity contribution in [1.29, 1.82) is 0 Å². The topological polar surface area (TPSA) is 98.5 Å². The number of hydrogen-bond acceptors (Lipinski definition) is 4. The Kier molecular flexibility index (Phi) is 4.55. The molecule has 1 aliphatic carbocycles. The van der Waals surface area contributed by atoms with E-state index in [4.69, 9.17) is 10.5 Å². The predicted octanol–water partition coefficient (Wildman–Crippen LogP) is 0.190. The van der Waals surface area contributed by atoms with Gasteiger partial charge in [0.05, 0.1) is 12.9 Å². The first kappa shape index (κ1) is 13.2. The first-order valence-electron chi connectivity index (χ1n) is 5.26. The lowest BCUT2D eigenvalue weighted by atomic mass is 9.87. The average molecular weight is 250 g/mol. The lowest BCUT2D eigenvalue weighted by Gasteiger charge is -2.27. The van der Waals surface area contributed by atoms with Crippen LogP contribution in [0, 0.1) is 5.92 Å². The Labute approximate surface area is 95.6 Å². The summed E-state index contributed by atoms with van der Waals surface area (Å²) in [4.78, 5) is 10.4. The number of primary amides is 1. The standard InChI is InChI=1S/C9H18N2O4S/c1-16(13,14)11-8-4-2-7(3-5-8)6-15-9(10)12/h7-8,11H,2-6H2,1H3,(H2,10,12)/t7-,8-. The molecular weight excluding hydrogens is 232 g/mol. The van der Waals surface area contributed by atoms with Crippen LogP contribution in [-0.4, -0.2) is 33.4 Å². The summed E-state index contributed by atoms with van der Waals surface area (Å²) in [6.07, 6.45) is 3.66. The van der Waals surface area contributed by atoms with Crippen LogP contribution in [0.25, 0.3) is 0 Å². The summed E-state index contributed by atoms with van der Waals surface area (Å²) in [6.45, 7) is 0.334. The predicted molar refractivity (Wildman–Crippen MR) is 59.3 cm³/mol. The molecule has 0 aromatic carbocycles. The van der Waals surface area contributed by atoms with Crippen LogP contribution in [-0.2, 0) is 14.8 Å². The molecule has 0 radical (unpaired) electrons. The number of nitrogens with one attached hydrogen (secondary N) is 1. The van der Waals surface area contributed by atoms with Crippen LogP contribution in [0.3, 0.4) is 0 Å². The normalized spacial score (nSPS) is 26.3. The molecule has 94 valence electrons. The molecule has 1 saturated carbocycles. The van der Waals surface area contributed by atoms with Crippen LogP contribution in [0.4, 0.5) is 4.79 Å². The van der Waals surface area contributed by atoms with E-state index in [1.165, 1.54) is 0 Å². The van der Waals surface area contributed by atoms with Crippen molar-refractivity contribution in [3.63, 3.8) is 0 Å². The second-order valence-corrected chi connectivity index (χ2v) is 6.02. The lowest BCUT2D eigenvalue weighted by molar-refractivity contribution is 0.121. The second kappa shape index (κ2) is 5.49. The number of ether oxygens (including phenoxy) is 1. The van der Waals surface area contributed by atoms with Gasteiger partial charge in [0.25, 0.3) is 0 Å². The van der Waals surface area contributed by atoms with Crippen LogP contribution in [0.5, 0.6) is 0 Å². The Hall–Kier alpha value is -0.820. The highest BCUT2D eigenvalue weighted by atomic mass is 32.2. The Morgan fingerprint density at radius 3 is 2.38 bits per heavy atom. The highest BCUT2D eigenvalue weighted by molar-refractivity contribution is 7.88.